The van der Waals surface area contributed by atoms with E-state index in [1.807, 2.05) is 18.2 Å². The highest BCUT2D eigenvalue weighted by atomic mass is 32.2. The lowest BCUT2D eigenvalue weighted by atomic mass is 10.0. The van der Waals surface area contributed by atoms with Crippen LogP contribution in [0.3, 0.4) is 0 Å². The van der Waals surface area contributed by atoms with Crippen LogP contribution in [0.15, 0.2) is 24.3 Å². The number of carboxylic acids is 1. The fraction of sp³-hybridized carbons (Fsp3) is 0.429. The molecule has 1 aliphatic heterocycles. The summed E-state index contributed by atoms with van der Waals surface area (Å²) in [4.78, 5) is 25.0. The molecule has 4 nitrogen and oxygen atoms in total. The van der Waals surface area contributed by atoms with Crippen LogP contribution < -0.4 is 4.90 Å². The molecular weight excluding hydrogens is 262 g/mol. The summed E-state index contributed by atoms with van der Waals surface area (Å²) >= 11 is 1.59. The van der Waals surface area contributed by atoms with Gasteiger partial charge in [0.1, 0.15) is 5.92 Å². The molecule has 19 heavy (non-hydrogen) atoms. The molecule has 0 bridgehead atoms. The van der Waals surface area contributed by atoms with Gasteiger partial charge in [0.25, 0.3) is 0 Å². The van der Waals surface area contributed by atoms with Gasteiger partial charge in [0.05, 0.1) is 5.75 Å². The minimum atomic E-state index is -0.871. The number of carbonyl (C=O) groups excluding carboxylic acids is 1. The molecule has 0 aliphatic carbocycles. The number of hydrogen-bond donors (Lipinski definition) is 1. The molecule has 1 atom stereocenters. The first-order chi connectivity index (χ1) is 9.15. The largest absolute Gasteiger partial charge is 0.481 e. The van der Waals surface area contributed by atoms with Gasteiger partial charge in [-0.15, -0.1) is 0 Å². The molecule has 1 unspecified atom stereocenters. The van der Waals surface area contributed by atoms with E-state index in [1.165, 1.54) is 0 Å². The van der Waals surface area contributed by atoms with Gasteiger partial charge in [-0.2, -0.15) is 11.8 Å². The fourth-order valence-corrected chi connectivity index (χ4v) is 3.00. The molecule has 0 saturated heterocycles. The average molecular weight is 279 g/mol. The first-order valence-corrected chi connectivity index (χ1v) is 7.50. The van der Waals surface area contributed by atoms with Crippen LogP contribution in [0.1, 0.15) is 24.8 Å². The highest BCUT2D eigenvalue weighted by Crippen LogP contribution is 2.36. The minimum absolute atomic E-state index is 0.00495. The lowest BCUT2D eigenvalue weighted by Gasteiger charge is -2.17. The van der Waals surface area contributed by atoms with Crippen LogP contribution in [0.2, 0.25) is 0 Å². The molecule has 0 fully saturated rings. The molecule has 2 rings (SSSR count). The van der Waals surface area contributed by atoms with Crippen LogP contribution in [-0.2, 0) is 9.59 Å². The van der Waals surface area contributed by atoms with E-state index in [-0.39, 0.29) is 12.5 Å². The number of benzene rings is 1. The molecule has 1 amide bonds. The van der Waals surface area contributed by atoms with Crippen molar-refractivity contribution in [3.8, 4) is 0 Å². The van der Waals surface area contributed by atoms with Crippen LogP contribution in [0.4, 0.5) is 5.69 Å². The quantitative estimate of drug-likeness (QED) is 0.841. The minimum Gasteiger partial charge on any atom is -0.481 e. The van der Waals surface area contributed by atoms with Crippen molar-refractivity contribution < 1.29 is 14.7 Å². The SMILES string of the molecule is CCCSCC(=O)N1CC(C(=O)O)c2ccccc21. The molecule has 1 heterocycles. The van der Waals surface area contributed by atoms with E-state index in [2.05, 4.69) is 6.92 Å². The Morgan fingerprint density at radius 2 is 2.16 bits per heavy atom. The molecule has 0 radical (unpaired) electrons. The van der Waals surface area contributed by atoms with Crippen LogP contribution in [-0.4, -0.2) is 35.0 Å². The maximum Gasteiger partial charge on any atom is 0.312 e. The van der Waals surface area contributed by atoms with Crippen LogP contribution in [0.5, 0.6) is 0 Å². The zero-order valence-corrected chi connectivity index (χ0v) is 11.7. The van der Waals surface area contributed by atoms with Crippen LogP contribution >= 0.6 is 11.8 Å². The first-order valence-electron chi connectivity index (χ1n) is 6.35. The van der Waals surface area contributed by atoms with Gasteiger partial charge >= 0.3 is 5.97 Å². The van der Waals surface area contributed by atoms with E-state index in [4.69, 9.17) is 0 Å². The van der Waals surface area contributed by atoms with Gasteiger partial charge in [-0.05, 0) is 23.8 Å². The number of anilines is 1. The van der Waals surface area contributed by atoms with E-state index >= 15 is 0 Å². The van der Waals surface area contributed by atoms with Gasteiger partial charge in [-0.25, -0.2) is 0 Å². The third-order valence-corrected chi connectivity index (χ3v) is 4.29. The molecule has 5 heteroatoms. The third-order valence-electron chi connectivity index (χ3n) is 3.14. The van der Waals surface area contributed by atoms with Crippen molar-refractivity contribution >= 4 is 29.3 Å². The highest BCUT2D eigenvalue weighted by molar-refractivity contribution is 7.99. The van der Waals surface area contributed by atoms with Crippen molar-refractivity contribution in [3.05, 3.63) is 29.8 Å². The number of carbonyl (C=O) groups is 2. The zero-order chi connectivity index (χ0) is 13.8. The molecule has 102 valence electrons. The third kappa shape index (κ3) is 2.92. The predicted octanol–water partition coefficient (Wildman–Crippen LogP) is 2.34. The Labute approximate surface area is 116 Å². The predicted molar refractivity (Wildman–Crippen MR) is 76.8 cm³/mol. The van der Waals surface area contributed by atoms with Gasteiger partial charge in [0.2, 0.25) is 5.91 Å². The van der Waals surface area contributed by atoms with Crippen molar-refractivity contribution in [2.24, 2.45) is 0 Å². The van der Waals surface area contributed by atoms with Gasteiger partial charge in [-0.3, -0.25) is 9.59 Å². The summed E-state index contributed by atoms with van der Waals surface area (Å²) in [7, 11) is 0. The van der Waals surface area contributed by atoms with Gasteiger partial charge < -0.3 is 10.0 Å². The Morgan fingerprint density at radius 3 is 2.84 bits per heavy atom. The van der Waals surface area contributed by atoms with Crippen molar-refractivity contribution in [1.82, 2.24) is 0 Å². The van der Waals surface area contributed by atoms with Crippen molar-refractivity contribution in [2.45, 2.75) is 19.3 Å². The number of carboxylic acid groups (broad SMARTS) is 1. The summed E-state index contributed by atoms with van der Waals surface area (Å²) < 4.78 is 0. The maximum atomic E-state index is 12.2. The van der Waals surface area contributed by atoms with Crippen molar-refractivity contribution in [1.29, 1.82) is 0 Å². The summed E-state index contributed by atoms with van der Waals surface area (Å²) in [5.41, 5.74) is 1.49. The number of hydrogen-bond acceptors (Lipinski definition) is 3. The Morgan fingerprint density at radius 1 is 1.42 bits per heavy atom. The second-order valence-corrected chi connectivity index (χ2v) is 5.61. The summed E-state index contributed by atoms with van der Waals surface area (Å²) in [6.07, 6.45) is 1.03. The van der Waals surface area contributed by atoms with Crippen LogP contribution in [0.25, 0.3) is 0 Å². The summed E-state index contributed by atoms with van der Waals surface area (Å²) in [5, 5.41) is 9.23. The number of nitrogens with zero attached hydrogens (tertiary/aromatic N) is 1. The molecule has 1 aromatic carbocycles. The number of amides is 1. The Kier molecular flexibility index (Phi) is 4.47. The number of para-hydroxylation sites is 1. The Hall–Kier alpha value is -1.49. The topological polar surface area (TPSA) is 57.6 Å². The van der Waals surface area contributed by atoms with E-state index in [0.717, 1.165) is 23.4 Å². The molecule has 0 saturated carbocycles. The number of fused-ring (bicyclic) bond motifs is 1. The normalized spacial score (nSPS) is 17.3. The van der Waals surface area contributed by atoms with E-state index in [9.17, 15) is 14.7 Å². The Balaban J connectivity index is 2.15. The second-order valence-electron chi connectivity index (χ2n) is 4.51. The molecule has 0 aromatic heterocycles. The maximum absolute atomic E-state index is 12.2. The molecule has 1 aliphatic rings. The van der Waals surface area contributed by atoms with Gasteiger partial charge in [-0.1, -0.05) is 25.1 Å². The zero-order valence-electron chi connectivity index (χ0n) is 10.8. The van der Waals surface area contributed by atoms with Crippen LogP contribution in [0, 0.1) is 0 Å². The first kappa shape index (κ1) is 13.9. The summed E-state index contributed by atoms with van der Waals surface area (Å²) in [6.45, 7) is 2.32. The van der Waals surface area contributed by atoms with Gasteiger partial charge in [0, 0.05) is 12.2 Å². The summed E-state index contributed by atoms with van der Waals surface area (Å²) in [5.74, 6) is -0.118. The highest BCUT2D eigenvalue weighted by Gasteiger charge is 2.35. The number of rotatable bonds is 5. The molecule has 1 N–H and O–H groups in total. The van der Waals surface area contributed by atoms with E-state index < -0.39 is 11.9 Å². The average Bonchev–Trinajstić information content (AvgIpc) is 2.78. The molecule has 1 aromatic rings. The lowest BCUT2D eigenvalue weighted by Crippen LogP contribution is -2.32. The fourth-order valence-electron chi connectivity index (χ4n) is 2.24. The number of aliphatic carboxylic acids is 1. The standard InChI is InChI=1S/C14H17NO3S/c1-2-7-19-9-13(16)15-8-11(14(17)18)10-5-3-4-6-12(10)15/h3-6,11H,2,7-9H2,1H3,(H,17,18). The molecular formula is C14H17NO3S. The Bertz CT molecular complexity index is 489. The summed E-state index contributed by atoms with van der Waals surface area (Å²) in [6, 6.07) is 7.26. The second kappa shape index (κ2) is 6.10. The van der Waals surface area contributed by atoms with Crippen molar-refractivity contribution in [2.75, 3.05) is 23.0 Å². The number of thioether (sulfide) groups is 1. The lowest BCUT2D eigenvalue weighted by molar-refractivity contribution is -0.138. The smallest absolute Gasteiger partial charge is 0.312 e. The van der Waals surface area contributed by atoms with Crippen molar-refractivity contribution in [3.63, 3.8) is 0 Å². The molecule has 0 spiro atoms. The monoisotopic (exact) mass is 279 g/mol. The van der Waals surface area contributed by atoms with Gasteiger partial charge in [0.15, 0.2) is 0 Å². The van der Waals surface area contributed by atoms with E-state index in [1.54, 1.807) is 22.7 Å². The van der Waals surface area contributed by atoms with E-state index in [0.29, 0.717) is 5.75 Å².